The maximum Gasteiger partial charge on any atom is 0.417 e. The number of oxazole rings is 1. The van der Waals surface area contributed by atoms with E-state index in [-0.39, 0.29) is 30.1 Å². The lowest BCUT2D eigenvalue weighted by Gasteiger charge is -2.23. The number of carboxylic acid groups (broad SMARTS) is 1. The number of hydrogen-bond acceptors (Lipinski definition) is 5. The molecule has 10 heteroatoms. The van der Waals surface area contributed by atoms with Crippen LogP contribution in [0.2, 0.25) is 0 Å². The van der Waals surface area contributed by atoms with Gasteiger partial charge in [0.2, 0.25) is 10.0 Å². The van der Waals surface area contributed by atoms with Crippen molar-refractivity contribution in [1.29, 1.82) is 0 Å². The van der Waals surface area contributed by atoms with E-state index in [4.69, 9.17) is 4.42 Å². The molecule has 0 radical (unpaired) electrons. The summed E-state index contributed by atoms with van der Waals surface area (Å²) in [6.45, 7) is -0.132. The van der Waals surface area contributed by atoms with E-state index in [1.165, 1.54) is 0 Å². The molecule has 1 aromatic carbocycles. The molecule has 8 nitrogen and oxygen atoms in total. The Morgan fingerprint density at radius 2 is 2.20 bits per heavy atom. The number of carbonyl (C=O) groups is 1. The molecule has 1 aliphatic carbocycles. The maximum atomic E-state index is 14.3. The molecule has 25 heavy (non-hydrogen) atoms. The number of nitrogens with one attached hydrogen (secondary N) is 1. The highest BCUT2D eigenvalue weighted by atomic mass is 32.2. The highest BCUT2D eigenvalue weighted by molar-refractivity contribution is 7.89. The minimum absolute atomic E-state index is 0.0448. The first-order valence-corrected chi connectivity index (χ1v) is 9.24. The molecule has 0 spiro atoms. The molecule has 2 fully saturated rings. The van der Waals surface area contributed by atoms with Gasteiger partial charge in [-0.15, -0.1) is 0 Å². The van der Waals surface area contributed by atoms with Crippen molar-refractivity contribution in [2.75, 3.05) is 13.1 Å². The quantitative estimate of drug-likeness (QED) is 0.836. The van der Waals surface area contributed by atoms with Crippen LogP contribution >= 0.6 is 0 Å². The molecule has 4 rings (SSSR count). The van der Waals surface area contributed by atoms with Gasteiger partial charge in [0.1, 0.15) is 10.7 Å². The monoisotopic (exact) mass is 370 g/mol. The van der Waals surface area contributed by atoms with Gasteiger partial charge in [-0.25, -0.2) is 17.6 Å². The predicted octanol–water partition coefficient (Wildman–Crippen LogP) is 1.14. The van der Waals surface area contributed by atoms with Gasteiger partial charge in [0.05, 0.1) is 10.9 Å². The minimum atomic E-state index is -4.25. The number of hydrogen-bond donors (Lipinski definition) is 2. The van der Waals surface area contributed by atoms with Crippen molar-refractivity contribution in [1.82, 2.24) is 9.29 Å². The van der Waals surface area contributed by atoms with Crippen LogP contribution in [-0.2, 0) is 14.8 Å². The molecule has 134 valence electrons. The molecule has 0 unspecified atom stereocenters. The number of rotatable bonds is 3. The number of sulfonamides is 1. The van der Waals surface area contributed by atoms with Crippen LogP contribution in [-0.4, -0.2) is 41.9 Å². The Hall–Kier alpha value is -2.20. The van der Waals surface area contributed by atoms with Gasteiger partial charge in [-0.3, -0.25) is 9.78 Å². The van der Waals surface area contributed by atoms with Crippen LogP contribution in [0.3, 0.4) is 0 Å². The summed E-state index contributed by atoms with van der Waals surface area (Å²) in [6.07, 6.45) is 1.78. The first-order chi connectivity index (χ1) is 11.7. The van der Waals surface area contributed by atoms with Crippen molar-refractivity contribution in [2.45, 2.75) is 24.2 Å². The van der Waals surface area contributed by atoms with E-state index in [0.717, 1.165) is 22.9 Å². The van der Waals surface area contributed by atoms with Gasteiger partial charge in [0.25, 0.3) is 0 Å². The first-order valence-electron chi connectivity index (χ1n) is 7.80. The topological polar surface area (TPSA) is 121 Å². The standard InChI is InChI=1S/C15H15FN2O6S/c16-9-4-10-11(24-14(21)17-10)5-12(9)25(22,23)18-6-8-2-1-3-15(8,7-18)13(19)20/h4-5,8H,1-3,6-7H2,(H,17,21)(H,19,20)/t8-,15+/m0/s1. The molecule has 2 aromatic rings. The second-order valence-corrected chi connectivity index (χ2v) is 8.55. The highest BCUT2D eigenvalue weighted by Gasteiger charge is 2.57. The molecule has 2 N–H and O–H groups in total. The van der Waals surface area contributed by atoms with Crippen LogP contribution in [0.25, 0.3) is 11.1 Å². The number of halogens is 1. The second-order valence-electron chi connectivity index (χ2n) is 6.64. The van der Waals surface area contributed by atoms with Gasteiger partial charge in [0, 0.05) is 25.2 Å². The molecular formula is C15H15FN2O6S. The summed E-state index contributed by atoms with van der Waals surface area (Å²) >= 11 is 0. The summed E-state index contributed by atoms with van der Waals surface area (Å²) in [5, 5.41) is 9.58. The summed E-state index contributed by atoms with van der Waals surface area (Å²) in [4.78, 5) is 24.5. The van der Waals surface area contributed by atoms with Crippen molar-refractivity contribution in [3.63, 3.8) is 0 Å². The van der Waals surface area contributed by atoms with E-state index >= 15 is 0 Å². The summed E-state index contributed by atoms with van der Waals surface area (Å²) < 4.78 is 45.9. The molecule has 2 atom stereocenters. The Labute approximate surface area is 141 Å². The van der Waals surface area contributed by atoms with Crippen LogP contribution in [0, 0.1) is 17.2 Å². The predicted molar refractivity (Wildman–Crippen MR) is 83.0 cm³/mol. The van der Waals surface area contributed by atoms with Crippen LogP contribution in [0.4, 0.5) is 4.39 Å². The van der Waals surface area contributed by atoms with Crippen molar-refractivity contribution < 1.29 is 27.1 Å². The molecule has 0 amide bonds. The van der Waals surface area contributed by atoms with Crippen molar-refractivity contribution in [3.05, 3.63) is 28.5 Å². The molecule has 0 bridgehead atoms. The normalized spacial score (nSPS) is 27.0. The SMILES string of the molecule is O=C(O)[C@@]12CCC[C@H]1CN(S(=O)(=O)c1cc3oc(=O)[nH]c3cc1F)C2. The van der Waals surface area contributed by atoms with E-state index in [9.17, 15) is 27.5 Å². The first kappa shape index (κ1) is 16.3. The zero-order valence-corrected chi connectivity index (χ0v) is 13.8. The molecule has 1 saturated heterocycles. The third-order valence-electron chi connectivity index (χ3n) is 5.36. The van der Waals surface area contributed by atoms with Gasteiger partial charge in [-0.05, 0) is 18.8 Å². The lowest BCUT2D eigenvalue weighted by molar-refractivity contribution is -0.149. The number of fused-ring (bicyclic) bond motifs is 2. The van der Waals surface area contributed by atoms with E-state index < -0.39 is 37.9 Å². The van der Waals surface area contributed by atoms with Crippen molar-refractivity contribution in [2.24, 2.45) is 11.3 Å². The lowest BCUT2D eigenvalue weighted by Crippen LogP contribution is -2.37. The second kappa shape index (κ2) is 5.15. The van der Waals surface area contributed by atoms with Crippen molar-refractivity contribution in [3.8, 4) is 0 Å². The zero-order chi connectivity index (χ0) is 18.0. The summed E-state index contributed by atoms with van der Waals surface area (Å²) in [7, 11) is -4.25. The van der Waals surface area contributed by atoms with Crippen LogP contribution < -0.4 is 5.76 Å². The van der Waals surface area contributed by atoms with E-state index in [1.807, 2.05) is 0 Å². The van der Waals surface area contributed by atoms with E-state index in [2.05, 4.69) is 4.98 Å². The average Bonchev–Trinajstić information content (AvgIpc) is 3.16. The van der Waals surface area contributed by atoms with Crippen LogP contribution in [0.5, 0.6) is 0 Å². The third kappa shape index (κ3) is 2.24. The Morgan fingerprint density at radius 3 is 2.88 bits per heavy atom. The number of aromatic amines is 1. The fourth-order valence-electron chi connectivity index (χ4n) is 4.06. The molecule has 1 aromatic heterocycles. The Balaban J connectivity index is 1.77. The molecular weight excluding hydrogens is 355 g/mol. The minimum Gasteiger partial charge on any atom is -0.481 e. The van der Waals surface area contributed by atoms with Gasteiger partial charge in [0.15, 0.2) is 5.58 Å². The van der Waals surface area contributed by atoms with E-state index in [0.29, 0.717) is 12.8 Å². The number of aromatic nitrogens is 1. The smallest absolute Gasteiger partial charge is 0.417 e. The number of carboxylic acids is 1. The number of H-pyrrole nitrogens is 1. The molecule has 1 aliphatic heterocycles. The van der Waals surface area contributed by atoms with Gasteiger partial charge in [-0.1, -0.05) is 6.42 Å². The van der Waals surface area contributed by atoms with Crippen LogP contribution in [0.1, 0.15) is 19.3 Å². The van der Waals surface area contributed by atoms with Crippen LogP contribution in [0.15, 0.2) is 26.2 Å². The summed E-state index contributed by atoms with van der Waals surface area (Å²) in [5.41, 5.74) is -1.12. The van der Waals surface area contributed by atoms with Gasteiger partial charge < -0.3 is 9.52 Å². The van der Waals surface area contributed by atoms with Crippen molar-refractivity contribution >= 4 is 27.1 Å². The highest BCUT2D eigenvalue weighted by Crippen LogP contribution is 2.50. The number of aliphatic carboxylic acids is 1. The number of nitrogens with zero attached hydrogens (tertiary/aromatic N) is 1. The summed E-state index contributed by atoms with van der Waals surface area (Å²) in [6, 6.07) is 1.84. The largest absolute Gasteiger partial charge is 0.481 e. The molecule has 2 aliphatic rings. The summed E-state index contributed by atoms with van der Waals surface area (Å²) in [5.74, 6) is -3.13. The number of benzene rings is 1. The zero-order valence-electron chi connectivity index (χ0n) is 13.0. The Morgan fingerprint density at radius 1 is 1.44 bits per heavy atom. The fraction of sp³-hybridized carbons (Fsp3) is 0.467. The third-order valence-corrected chi connectivity index (χ3v) is 7.18. The molecule has 1 saturated carbocycles. The molecule has 2 heterocycles. The average molecular weight is 370 g/mol. The maximum absolute atomic E-state index is 14.3. The van der Waals surface area contributed by atoms with Gasteiger partial charge >= 0.3 is 11.7 Å². The Kier molecular flexibility index (Phi) is 3.35. The lowest BCUT2D eigenvalue weighted by atomic mass is 9.81. The van der Waals surface area contributed by atoms with E-state index in [1.54, 1.807) is 0 Å². The Bertz CT molecular complexity index is 1040. The fourth-order valence-corrected chi connectivity index (χ4v) is 5.68. The van der Waals surface area contributed by atoms with Gasteiger partial charge in [-0.2, -0.15) is 4.31 Å².